The molecule has 0 radical (unpaired) electrons. The summed E-state index contributed by atoms with van der Waals surface area (Å²) >= 11 is 0. The maximum atomic E-state index is 11.7. The lowest BCUT2D eigenvalue weighted by atomic mass is 10.5. The fourth-order valence-corrected chi connectivity index (χ4v) is 0.147. The molecule has 7 heavy (non-hydrogen) atoms. The van der Waals surface area contributed by atoms with Crippen molar-refractivity contribution in [2.24, 2.45) is 11.5 Å². The van der Waals surface area contributed by atoms with Crippen LogP contribution < -0.4 is 11.5 Å². The van der Waals surface area contributed by atoms with Crippen molar-refractivity contribution in [3.63, 3.8) is 0 Å². The summed E-state index contributed by atoms with van der Waals surface area (Å²) in [6, 6.07) is 0. The SMILES string of the molecule is NC=CC(F)=CN. The first-order valence-electron chi connectivity index (χ1n) is 1.77. The highest BCUT2D eigenvalue weighted by molar-refractivity contribution is 5.07. The third kappa shape index (κ3) is 2.82. The topological polar surface area (TPSA) is 52.0 Å². The molecular weight excluding hydrogens is 95.1 g/mol. The largest absolute Gasteiger partial charge is 0.405 e. The van der Waals surface area contributed by atoms with Crippen LogP contribution in [0.1, 0.15) is 0 Å². The summed E-state index contributed by atoms with van der Waals surface area (Å²) in [6.07, 6.45) is 2.99. The van der Waals surface area contributed by atoms with Crippen LogP contribution >= 0.6 is 0 Å². The van der Waals surface area contributed by atoms with Gasteiger partial charge in [-0.05, 0) is 12.3 Å². The van der Waals surface area contributed by atoms with E-state index in [9.17, 15) is 4.39 Å². The van der Waals surface area contributed by atoms with Gasteiger partial charge < -0.3 is 11.5 Å². The van der Waals surface area contributed by atoms with Gasteiger partial charge in [0, 0.05) is 6.20 Å². The lowest BCUT2D eigenvalue weighted by Gasteiger charge is -1.76. The van der Waals surface area contributed by atoms with E-state index in [0.717, 1.165) is 18.5 Å². The van der Waals surface area contributed by atoms with Gasteiger partial charge in [0.2, 0.25) is 0 Å². The molecule has 0 saturated heterocycles. The standard InChI is InChI=1S/C4H7FN2/c5-4(3-7)1-2-6/h1-3H,6-7H2. The summed E-state index contributed by atoms with van der Waals surface area (Å²) in [5, 5.41) is 0. The molecule has 0 aliphatic rings. The number of hydrogen-bond acceptors (Lipinski definition) is 2. The Labute approximate surface area is 41.3 Å². The highest BCUT2D eigenvalue weighted by atomic mass is 19.1. The van der Waals surface area contributed by atoms with Crippen molar-refractivity contribution < 1.29 is 4.39 Å². The second-order valence-corrected chi connectivity index (χ2v) is 0.911. The zero-order valence-electron chi connectivity index (χ0n) is 3.76. The zero-order valence-corrected chi connectivity index (χ0v) is 3.76. The molecule has 0 aliphatic carbocycles. The maximum Gasteiger partial charge on any atom is 0.140 e. The van der Waals surface area contributed by atoms with Crippen LogP contribution in [0.25, 0.3) is 0 Å². The summed E-state index contributed by atoms with van der Waals surface area (Å²) in [5.41, 5.74) is 9.50. The molecule has 0 aromatic carbocycles. The number of hydrogen-bond donors (Lipinski definition) is 2. The molecule has 0 aromatic heterocycles. The monoisotopic (exact) mass is 102 g/mol. The molecule has 0 bridgehead atoms. The molecule has 0 aliphatic heterocycles. The molecule has 0 amide bonds. The van der Waals surface area contributed by atoms with Crippen LogP contribution in [0.3, 0.4) is 0 Å². The molecule has 0 rings (SSSR count). The molecular formula is C4H7FN2. The first-order valence-corrected chi connectivity index (χ1v) is 1.77. The quantitative estimate of drug-likeness (QED) is 0.465. The van der Waals surface area contributed by atoms with E-state index in [1.54, 1.807) is 0 Å². The fraction of sp³-hybridized carbons (Fsp3) is 0. The van der Waals surface area contributed by atoms with Crippen molar-refractivity contribution in [2.75, 3.05) is 0 Å². The van der Waals surface area contributed by atoms with Gasteiger partial charge in [-0.1, -0.05) is 0 Å². The average Bonchev–Trinajstić information content (AvgIpc) is 1.68. The van der Waals surface area contributed by atoms with Crippen LogP contribution in [-0.2, 0) is 0 Å². The summed E-state index contributed by atoms with van der Waals surface area (Å²) in [4.78, 5) is 0. The molecule has 0 atom stereocenters. The van der Waals surface area contributed by atoms with Gasteiger partial charge in [0.15, 0.2) is 0 Å². The van der Waals surface area contributed by atoms with Gasteiger partial charge >= 0.3 is 0 Å². The number of rotatable bonds is 1. The Kier molecular flexibility index (Phi) is 2.76. The molecule has 40 valence electrons. The first kappa shape index (κ1) is 6.01. The zero-order chi connectivity index (χ0) is 5.70. The molecule has 0 spiro atoms. The third-order valence-electron chi connectivity index (χ3n) is 0.415. The Bertz CT molecular complexity index is 95.9. The Morgan fingerprint density at radius 3 is 2.14 bits per heavy atom. The molecule has 2 nitrogen and oxygen atoms in total. The second kappa shape index (κ2) is 3.21. The van der Waals surface area contributed by atoms with E-state index in [1.807, 2.05) is 0 Å². The molecule has 3 heteroatoms. The number of allylic oxidation sites excluding steroid dienone is 2. The van der Waals surface area contributed by atoms with Gasteiger partial charge in [-0.25, -0.2) is 4.39 Å². The van der Waals surface area contributed by atoms with Crippen LogP contribution in [0.4, 0.5) is 4.39 Å². The average molecular weight is 102 g/mol. The van der Waals surface area contributed by atoms with Crippen LogP contribution in [-0.4, -0.2) is 0 Å². The minimum Gasteiger partial charge on any atom is -0.405 e. The van der Waals surface area contributed by atoms with E-state index in [-0.39, 0.29) is 0 Å². The van der Waals surface area contributed by atoms with E-state index in [1.165, 1.54) is 0 Å². The van der Waals surface area contributed by atoms with E-state index in [0.29, 0.717) is 0 Å². The van der Waals surface area contributed by atoms with E-state index in [2.05, 4.69) is 0 Å². The summed E-state index contributed by atoms with van der Waals surface area (Å²) in [5.74, 6) is -0.525. The van der Waals surface area contributed by atoms with E-state index in [4.69, 9.17) is 11.5 Å². The van der Waals surface area contributed by atoms with E-state index < -0.39 is 5.83 Å². The lowest BCUT2D eigenvalue weighted by molar-refractivity contribution is 0.663. The van der Waals surface area contributed by atoms with E-state index >= 15 is 0 Å². The second-order valence-electron chi connectivity index (χ2n) is 0.911. The Morgan fingerprint density at radius 2 is 2.00 bits per heavy atom. The normalized spacial score (nSPS) is 13.0. The highest BCUT2D eigenvalue weighted by Gasteiger charge is 1.76. The minimum atomic E-state index is -0.525. The van der Waals surface area contributed by atoms with Crippen molar-refractivity contribution in [1.29, 1.82) is 0 Å². The van der Waals surface area contributed by atoms with Crippen molar-refractivity contribution in [3.8, 4) is 0 Å². The molecule has 4 N–H and O–H groups in total. The predicted octanol–water partition coefficient (Wildman–Crippen LogP) is 0.228. The minimum absolute atomic E-state index is 0.525. The summed E-state index contributed by atoms with van der Waals surface area (Å²) in [6.45, 7) is 0. The molecule has 0 aromatic rings. The van der Waals surface area contributed by atoms with Crippen LogP contribution in [0.2, 0.25) is 0 Å². The van der Waals surface area contributed by atoms with Crippen molar-refractivity contribution >= 4 is 0 Å². The predicted molar refractivity (Wildman–Crippen MR) is 26.7 cm³/mol. The number of nitrogens with two attached hydrogens (primary N) is 2. The highest BCUT2D eigenvalue weighted by Crippen LogP contribution is 1.91. The first-order chi connectivity index (χ1) is 3.31. The van der Waals surface area contributed by atoms with Gasteiger partial charge in [-0.3, -0.25) is 0 Å². The van der Waals surface area contributed by atoms with Crippen molar-refractivity contribution in [3.05, 3.63) is 24.3 Å². The van der Waals surface area contributed by atoms with Crippen molar-refractivity contribution in [2.45, 2.75) is 0 Å². The van der Waals surface area contributed by atoms with Gasteiger partial charge in [0.05, 0.1) is 0 Å². The van der Waals surface area contributed by atoms with Crippen molar-refractivity contribution in [1.82, 2.24) is 0 Å². The Morgan fingerprint density at radius 1 is 1.43 bits per heavy atom. The third-order valence-corrected chi connectivity index (χ3v) is 0.415. The van der Waals surface area contributed by atoms with Gasteiger partial charge in [-0.2, -0.15) is 0 Å². The molecule has 0 saturated carbocycles. The Balaban J connectivity index is 3.58. The fourth-order valence-electron chi connectivity index (χ4n) is 0.147. The van der Waals surface area contributed by atoms with Gasteiger partial charge in [-0.15, -0.1) is 0 Å². The lowest BCUT2D eigenvalue weighted by Crippen LogP contribution is -1.81. The van der Waals surface area contributed by atoms with Crippen LogP contribution in [0.15, 0.2) is 24.3 Å². The molecule has 0 unspecified atom stereocenters. The maximum absolute atomic E-state index is 11.7. The van der Waals surface area contributed by atoms with Gasteiger partial charge in [0.1, 0.15) is 5.83 Å². The molecule has 0 fully saturated rings. The molecule has 0 heterocycles. The van der Waals surface area contributed by atoms with Crippen LogP contribution in [0, 0.1) is 0 Å². The van der Waals surface area contributed by atoms with Gasteiger partial charge in [0.25, 0.3) is 0 Å². The smallest absolute Gasteiger partial charge is 0.140 e. The van der Waals surface area contributed by atoms with Crippen LogP contribution in [0.5, 0.6) is 0 Å². The summed E-state index contributed by atoms with van der Waals surface area (Å²) in [7, 11) is 0. The number of halogens is 1. The Hall–Kier alpha value is -0.990. The summed E-state index contributed by atoms with van der Waals surface area (Å²) < 4.78 is 11.7.